The van der Waals surface area contributed by atoms with Crippen molar-refractivity contribution in [3.8, 4) is 28.3 Å². The zero-order valence-electron chi connectivity index (χ0n) is 19.4. The van der Waals surface area contributed by atoms with E-state index in [0.29, 0.717) is 13.1 Å². The van der Waals surface area contributed by atoms with Gasteiger partial charge in [0.05, 0.1) is 18.5 Å². The van der Waals surface area contributed by atoms with Crippen LogP contribution in [-0.4, -0.2) is 41.2 Å². The van der Waals surface area contributed by atoms with E-state index in [1.165, 1.54) is 0 Å². The summed E-state index contributed by atoms with van der Waals surface area (Å²) in [6, 6.07) is 16.1. The summed E-state index contributed by atoms with van der Waals surface area (Å²) in [6.45, 7) is 7.04. The molecule has 0 atom stereocenters. The molecule has 0 saturated carbocycles. The monoisotopic (exact) mass is 443 g/mol. The number of aromatic amines is 1. The molecule has 0 unspecified atom stereocenters. The van der Waals surface area contributed by atoms with Crippen LogP contribution < -0.4 is 15.4 Å². The highest BCUT2D eigenvalue weighted by Crippen LogP contribution is 2.35. The number of nitrogens with one attached hydrogen (secondary N) is 3. The third-order valence-electron chi connectivity index (χ3n) is 5.66. The van der Waals surface area contributed by atoms with Gasteiger partial charge in [-0.3, -0.25) is 4.98 Å². The fourth-order valence-corrected chi connectivity index (χ4v) is 3.74. The summed E-state index contributed by atoms with van der Waals surface area (Å²) in [5.74, 6) is 1.63. The molecule has 33 heavy (non-hydrogen) atoms. The second-order valence-corrected chi connectivity index (χ2v) is 8.57. The molecule has 7 nitrogen and oxygen atoms in total. The van der Waals surface area contributed by atoms with Crippen LogP contribution in [0.4, 0.5) is 4.79 Å². The van der Waals surface area contributed by atoms with Gasteiger partial charge < -0.3 is 20.4 Å². The van der Waals surface area contributed by atoms with Gasteiger partial charge in [0.1, 0.15) is 11.6 Å². The van der Waals surface area contributed by atoms with Crippen LogP contribution in [0.1, 0.15) is 26.6 Å². The predicted octanol–water partition coefficient (Wildman–Crippen LogP) is 4.90. The first-order valence-electron chi connectivity index (χ1n) is 11.0. The van der Waals surface area contributed by atoms with E-state index >= 15 is 0 Å². The predicted molar refractivity (Wildman–Crippen MR) is 131 cm³/mol. The normalized spacial score (nSPS) is 11.4. The van der Waals surface area contributed by atoms with Crippen LogP contribution in [0.3, 0.4) is 0 Å². The summed E-state index contributed by atoms with van der Waals surface area (Å²) in [5, 5.41) is 7.91. The quantitative estimate of drug-likeness (QED) is 0.379. The Labute approximate surface area is 193 Å². The molecule has 0 spiro atoms. The molecule has 0 saturated heterocycles. The van der Waals surface area contributed by atoms with Gasteiger partial charge in [-0.25, -0.2) is 9.78 Å². The third-order valence-corrected chi connectivity index (χ3v) is 5.66. The lowest BCUT2D eigenvalue weighted by Gasteiger charge is -2.22. The molecule has 2 amide bonds. The van der Waals surface area contributed by atoms with Crippen molar-refractivity contribution in [2.75, 3.05) is 20.2 Å². The van der Waals surface area contributed by atoms with E-state index in [4.69, 9.17) is 9.72 Å². The summed E-state index contributed by atoms with van der Waals surface area (Å²) in [7, 11) is 1.67. The number of carbonyl (C=O) groups is 1. The topological polar surface area (TPSA) is 91.9 Å². The number of aromatic nitrogens is 3. The number of nitrogens with zero attached hydrogens (tertiary/aromatic N) is 2. The van der Waals surface area contributed by atoms with Crippen LogP contribution in [0.2, 0.25) is 0 Å². The molecule has 2 aromatic heterocycles. The van der Waals surface area contributed by atoms with E-state index in [1.807, 2.05) is 31.2 Å². The van der Waals surface area contributed by atoms with Crippen molar-refractivity contribution in [2.45, 2.75) is 26.2 Å². The van der Waals surface area contributed by atoms with E-state index in [-0.39, 0.29) is 6.03 Å². The first-order chi connectivity index (χ1) is 15.9. The number of urea groups is 1. The molecule has 0 aliphatic rings. The Morgan fingerprint density at radius 2 is 1.73 bits per heavy atom. The highest BCUT2D eigenvalue weighted by Gasteiger charge is 2.27. The van der Waals surface area contributed by atoms with Gasteiger partial charge in [0.2, 0.25) is 0 Å². The molecule has 7 heteroatoms. The van der Waals surface area contributed by atoms with Crippen LogP contribution in [-0.2, 0) is 5.41 Å². The number of rotatable bonds is 7. The SMILES string of the molecule is CCNC(=O)NCC(C)(C)c1nc(-c2ccc3cc(OC)ccc3c2)c(-c2ccncc2)[nH]1. The molecule has 4 aromatic rings. The van der Waals surface area contributed by atoms with Gasteiger partial charge in [-0.05, 0) is 48.0 Å². The van der Waals surface area contributed by atoms with Crippen LogP contribution in [0.5, 0.6) is 5.75 Å². The van der Waals surface area contributed by atoms with Gasteiger partial charge in [0, 0.05) is 42.0 Å². The zero-order valence-corrected chi connectivity index (χ0v) is 19.4. The second-order valence-electron chi connectivity index (χ2n) is 8.57. The lowest BCUT2D eigenvalue weighted by molar-refractivity contribution is 0.238. The summed E-state index contributed by atoms with van der Waals surface area (Å²) < 4.78 is 5.35. The maximum absolute atomic E-state index is 11.9. The number of carbonyl (C=O) groups excluding carboxylic acids is 1. The number of fused-ring (bicyclic) bond motifs is 1. The Morgan fingerprint density at radius 1 is 1.00 bits per heavy atom. The average Bonchev–Trinajstić information content (AvgIpc) is 3.29. The van der Waals surface area contributed by atoms with Crippen molar-refractivity contribution in [3.63, 3.8) is 0 Å². The summed E-state index contributed by atoms with van der Waals surface area (Å²) in [4.78, 5) is 24.6. The molecule has 170 valence electrons. The highest BCUT2D eigenvalue weighted by molar-refractivity contribution is 5.90. The van der Waals surface area contributed by atoms with Gasteiger partial charge >= 0.3 is 6.03 Å². The number of amides is 2. The van der Waals surface area contributed by atoms with Gasteiger partial charge in [-0.15, -0.1) is 0 Å². The summed E-state index contributed by atoms with van der Waals surface area (Å²) in [5.41, 5.74) is 3.39. The largest absolute Gasteiger partial charge is 0.497 e. The van der Waals surface area contributed by atoms with Crippen LogP contribution in [0.25, 0.3) is 33.3 Å². The average molecular weight is 444 g/mol. The van der Waals surface area contributed by atoms with E-state index in [2.05, 4.69) is 58.7 Å². The smallest absolute Gasteiger partial charge is 0.314 e. The Bertz CT molecular complexity index is 1260. The number of H-pyrrole nitrogens is 1. The van der Waals surface area contributed by atoms with Crippen molar-refractivity contribution in [1.29, 1.82) is 0 Å². The third kappa shape index (κ3) is 4.82. The van der Waals surface area contributed by atoms with Crippen molar-refractivity contribution < 1.29 is 9.53 Å². The maximum atomic E-state index is 11.9. The second kappa shape index (κ2) is 9.32. The summed E-state index contributed by atoms with van der Waals surface area (Å²) in [6.07, 6.45) is 3.54. The standard InChI is InChI=1S/C26H29N5O2/c1-5-28-25(32)29-16-26(2,3)24-30-22(17-10-12-27-13-11-17)23(31-24)20-7-6-19-15-21(33-4)9-8-18(19)14-20/h6-15H,5,16H2,1-4H3,(H,30,31)(H2,28,29,32). The maximum Gasteiger partial charge on any atom is 0.314 e. The molecular weight excluding hydrogens is 414 g/mol. The van der Waals surface area contributed by atoms with Crippen molar-refractivity contribution in [1.82, 2.24) is 25.6 Å². The minimum absolute atomic E-state index is 0.184. The van der Waals surface area contributed by atoms with Crippen LogP contribution >= 0.6 is 0 Å². The number of imidazole rings is 1. The molecule has 0 aliphatic carbocycles. The van der Waals surface area contributed by atoms with Gasteiger partial charge in [-0.2, -0.15) is 0 Å². The van der Waals surface area contributed by atoms with Gasteiger partial charge in [0.15, 0.2) is 0 Å². The number of pyridine rings is 1. The van der Waals surface area contributed by atoms with Crippen molar-refractivity contribution >= 4 is 16.8 Å². The Hall–Kier alpha value is -3.87. The van der Waals surface area contributed by atoms with E-state index in [9.17, 15) is 4.79 Å². The van der Waals surface area contributed by atoms with E-state index in [1.54, 1.807) is 19.5 Å². The van der Waals surface area contributed by atoms with Crippen LogP contribution in [0.15, 0.2) is 60.9 Å². The number of benzene rings is 2. The molecule has 4 rings (SSSR count). The minimum Gasteiger partial charge on any atom is -0.497 e. The fraction of sp³-hybridized carbons (Fsp3) is 0.269. The Kier molecular flexibility index (Phi) is 6.31. The van der Waals surface area contributed by atoms with E-state index < -0.39 is 5.41 Å². The molecule has 3 N–H and O–H groups in total. The van der Waals surface area contributed by atoms with Crippen molar-refractivity contribution in [2.24, 2.45) is 0 Å². The molecule has 2 aromatic carbocycles. The molecule has 0 radical (unpaired) electrons. The molecule has 0 bridgehead atoms. The number of hydrogen-bond donors (Lipinski definition) is 3. The minimum atomic E-state index is -0.407. The highest BCUT2D eigenvalue weighted by atomic mass is 16.5. The fourth-order valence-electron chi connectivity index (χ4n) is 3.74. The Balaban J connectivity index is 1.76. The zero-order chi connectivity index (χ0) is 23.4. The summed E-state index contributed by atoms with van der Waals surface area (Å²) >= 11 is 0. The van der Waals surface area contributed by atoms with Crippen LogP contribution in [0, 0.1) is 0 Å². The van der Waals surface area contributed by atoms with Gasteiger partial charge in [0.25, 0.3) is 0 Å². The lowest BCUT2D eigenvalue weighted by atomic mass is 9.92. The van der Waals surface area contributed by atoms with Gasteiger partial charge in [-0.1, -0.05) is 32.0 Å². The molecular formula is C26H29N5O2. The number of hydrogen-bond acceptors (Lipinski definition) is 4. The molecule has 2 heterocycles. The van der Waals surface area contributed by atoms with E-state index in [0.717, 1.165) is 44.9 Å². The van der Waals surface area contributed by atoms with Crippen molar-refractivity contribution in [3.05, 3.63) is 66.7 Å². The lowest BCUT2D eigenvalue weighted by Crippen LogP contribution is -2.42. The molecule has 0 fully saturated rings. The molecule has 0 aliphatic heterocycles. The number of methoxy groups -OCH3 is 1. The number of ether oxygens (including phenoxy) is 1. The first kappa shape index (κ1) is 22.3. The first-order valence-corrected chi connectivity index (χ1v) is 11.0. The Morgan fingerprint density at radius 3 is 2.45 bits per heavy atom.